The molecule has 1 aromatic rings. The molecule has 13 heavy (non-hydrogen) atoms. The normalized spacial score (nSPS) is 12.8. The van der Waals surface area contributed by atoms with Gasteiger partial charge in [0.1, 0.15) is 0 Å². The molecular weight excluding hydrogens is 168 g/mol. The molecule has 0 saturated heterocycles. The number of methoxy groups -OCH3 is 1. The zero-order valence-electron chi connectivity index (χ0n) is 7.95. The van der Waals surface area contributed by atoms with Gasteiger partial charge in [0.15, 0.2) is 5.76 Å². The number of carbonyl (C=O) groups is 1. The lowest BCUT2D eigenvalue weighted by molar-refractivity contribution is 0.0866. The summed E-state index contributed by atoms with van der Waals surface area (Å²) in [5, 5.41) is 0. The third kappa shape index (κ3) is 2.70. The lowest BCUT2D eigenvalue weighted by Gasteiger charge is -2.06. The van der Waals surface area contributed by atoms with Crippen LogP contribution in [-0.4, -0.2) is 19.5 Å². The number of hydrogen-bond donors (Lipinski definition) is 0. The number of furan rings is 1. The number of rotatable bonds is 5. The van der Waals surface area contributed by atoms with E-state index in [9.17, 15) is 4.79 Å². The van der Waals surface area contributed by atoms with Crippen LogP contribution in [0.15, 0.2) is 22.8 Å². The van der Waals surface area contributed by atoms with Crippen LogP contribution in [0.1, 0.15) is 23.9 Å². The summed E-state index contributed by atoms with van der Waals surface area (Å²) in [4.78, 5) is 11.6. The first-order chi connectivity index (χ1) is 6.25. The number of ketones is 1. The Morgan fingerprint density at radius 3 is 3.00 bits per heavy atom. The summed E-state index contributed by atoms with van der Waals surface area (Å²) in [6.07, 6.45) is 2.24. The van der Waals surface area contributed by atoms with E-state index in [1.165, 1.54) is 6.26 Å². The molecule has 0 fully saturated rings. The van der Waals surface area contributed by atoms with Gasteiger partial charge in [-0.15, -0.1) is 0 Å². The minimum Gasteiger partial charge on any atom is -0.461 e. The first kappa shape index (κ1) is 9.99. The fourth-order valence-electron chi connectivity index (χ4n) is 1.09. The molecule has 72 valence electrons. The van der Waals surface area contributed by atoms with Gasteiger partial charge in [-0.1, -0.05) is 6.92 Å². The molecule has 0 radical (unpaired) electrons. The first-order valence-corrected chi connectivity index (χ1v) is 4.32. The maximum atomic E-state index is 11.6. The second kappa shape index (κ2) is 4.82. The predicted octanol–water partition coefficient (Wildman–Crippen LogP) is 2.13. The second-order valence-corrected chi connectivity index (χ2v) is 3.02. The lowest BCUT2D eigenvalue weighted by Crippen LogP contribution is -2.12. The molecule has 0 aromatic carbocycles. The van der Waals surface area contributed by atoms with Crippen molar-refractivity contribution in [1.82, 2.24) is 0 Å². The predicted molar refractivity (Wildman–Crippen MR) is 48.7 cm³/mol. The molecule has 0 aliphatic carbocycles. The molecule has 0 aliphatic rings. The van der Waals surface area contributed by atoms with Crippen LogP contribution in [0, 0.1) is 5.92 Å². The van der Waals surface area contributed by atoms with Crippen LogP contribution in [0.4, 0.5) is 0 Å². The summed E-state index contributed by atoms with van der Waals surface area (Å²) in [6, 6.07) is 3.40. The van der Waals surface area contributed by atoms with Gasteiger partial charge < -0.3 is 9.15 Å². The third-order valence-electron chi connectivity index (χ3n) is 1.97. The molecule has 0 amide bonds. The fraction of sp³-hybridized carbons (Fsp3) is 0.500. The SMILES string of the molecule is COCCC(C)C(=O)c1ccco1. The lowest BCUT2D eigenvalue weighted by atomic mass is 10.0. The van der Waals surface area contributed by atoms with Gasteiger partial charge in [-0.25, -0.2) is 0 Å². The minimum atomic E-state index is -0.0360. The quantitative estimate of drug-likeness (QED) is 0.655. The summed E-state index contributed by atoms with van der Waals surface area (Å²) in [5.74, 6) is 0.441. The van der Waals surface area contributed by atoms with Crippen molar-refractivity contribution >= 4 is 5.78 Å². The summed E-state index contributed by atoms with van der Waals surface area (Å²) >= 11 is 0. The molecule has 1 aromatic heterocycles. The van der Waals surface area contributed by atoms with Gasteiger partial charge in [-0.3, -0.25) is 4.79 Å². The molecule has 1 atom stereocenters. The average Bonchev–Trinajstić information content (AvgIpc) is 2.65. The van der Waals surface area contributed by atoms with E-state index < -0.39 is 0 Å². The number of carbonyl (C=O) groups excluding carboxylic acids is 1. The number of hydrogen-bond acceptors (Lipinski definition) is 3. The van der Waals surface area contributed by atoms with Crippen LogP contribution >= 0.6 is 0 Å². The Morgan fingerprint density at radius 2 is 2.46 bits per heavy atom. The van der Waals surface area contributed by atoms with E-state index >= 15 is 0 Å². The highest BCUT2D eigenvalue weighted by Crippen LogP contribution is 2.12. The molecule has 0 saturated carbocycles. The van der Waals surface area contributed by atoms with E-state index in [0.717, 1.165) is 6.42 Å². The van der Waals surface area contributed by atoms with Crippen LogP contribution < -0.4 is 0 Å². The molecule has 0 bridgehead atoms. The van der Waals surface area contributed by atoms with Gasteiger partial charge in [0, 0.05) is 19.6 Å². The summed E-state index contributed by atoms with van der Waals surface area (Å²) in [7, 11) is 1.63. The molecule has 0 N–H and O–H groups in total. The van der Waals surface area contributed by atoms with Crippen molar-refractivity contribution in [3.8, 4) is 0 Å². The van der Waals surface area contributed by atoms with Gasteiger partial charge in [-0.05, 0) is 18.6 Å². The summed E-state index contributed by atoms with van der Waals surface area (Å²) in [5.41, 5.74) is 0. The van der Waals surface area contributed by atoms with Crippen LogP contribution in [0.3, 0.4) is 0 Å². The summed E-state index contributed by atoms with van der Waals surface area (Å²) in [6.45, 7) is 2.48. The molecule has 3 nitrogen and oxygen atoms in total. The minimum absolute atomic E-state index is 0.0360. The van der Waals surface area contributed by atoms with Crippen molar-refractivity contribution in [1.29, 1.82) is 0 Å². The average molecular weight is 182 g/mol. The monoisotopic (exact) mass is 182 g/mol. The Morgan fingerprint density at radius 1 is 1.69 bits per heavy atom. The van der Waals surface area contributed by atoms with Gasteiger partial charge in [0.2, 0.25) is 5.78 Å². The van der Waals surface area contributed by atoms with Crippen molar-refractivity contribution in [2.75, 3.05) is 13.7 Å². The Hall–Kier alpha value is -1.09. The molecule has 1 unspecified atom stereocenters. The van der Waals surface area contributed by atoms with E-state index in [-0.39, 0.29) is 11.7 Å². The topological polar surface area (TPSA) is 39.4 Å². The van der Waals surface area contributed by atoms with Gasteiger partial charge in [0.25, 0.3) is 0 Å². The maximum absolute atomic E-state index is 11.6. The zero-order valence-corrected chi connectivity index (χ0v) is 7.95. The standard InChI is InChI=1S/C10H14O3/c1-8(5-7-12-2)10(11)9-4-3-6-13-9/h3-4,6,8H,5,7H2,1-2H3. The van der Waals surface area contributed by atoms with Gasteiger partial charge >= 0.3 is 0 Å². The van der Waals surface area contributed by atoms with Crippen LogP contribution in [0.25, 0.3) is 0 Å². The van der Waals surface area contributed by atoms with E-state index in [4.69, 9.17) is 9.15 Å². The molecular formula is C10H14O3. The molecule has 3 heteroatoms. The summed E-state index contributed by atoms with van der Waals surface area (Å²) < 4.78 is 9.90. The highest BCUT2D eigenvalue weighted by molar-refractivity contribution is 5.94. The zero-order chi connectivity index (χ0) is 9.68. The second-order valence-electron chi connectivity index (χ2n) is 3.02. The van der Waals surface area contributed by atoms with Crippen LogP contribution in [0.2, 0.25) is 0 Å². The van der Waals surface area contributed by atoms with Gasteiger partial charge in [0.05, 0.1) is 6.26 Å². The largest absolute Gasteiger partial charge is 0.461 e. The Labute approximate surface area is 77.7 Å². The molecule has 1 rings (SSSR count). The smallest absolute Gasteiger partial charge is 0.200 e. The highest BCUT2D eigenvalue weighted by Gasteiger charge is 2.16. The van der Waals surface area contributed by atoms with E-state index in [1.54, 1.807) is 19.2 Å². The van der Waals surface area contributed by atoms with Crippen molar-refractivity contribution in [3.63, 3.8) is 0 Å². The van der Waals surface area contributed by atoms with E-state index in [2.05, 4.69) is 0 Å². The van der Waals surface area contributed by atoms with E-state index in [0.29, 0.717) is 12.4 Å². The Balaban J connectivity index is 2.48. The Bertz CT molecular complexity index is 251. The van der Waals surface area contributed by atoms with Gasteiger partial charge in [-0.2, -0.15) is 0 Å². The third-order valence-corrected chi connectivity index (χ3v) is 1.97. The molecule has 0 spiro atoms. The van der Waals surface area contributed by atoms with E-state index in [1.807, 2.05) is 6.92 Å². The van der Waals surface area contributed by atoms with Crippen molar-refractivity contribution < 1.29 is 13.9 Å². The Kier molecular flexibility index (Phi) is 3.71. The van der Waals surface area contributed by atoms with Crippen LogP contribution in [-0.2, 0) is 4.74 Å². The van der Waals surface area contributed by atoms with Crippen molar-refractivity contribution in [2.45, 2.75) is 13.3 Å². The van der Waals surface area contributed by atoms with Crippen LogP contribution in [0.5, 0.6) is 0 Å². The number of ether oxygens (including phenoxy) is 1. The van der Waals surface area contributed by atoms with Crippen molar-refractivity contribution in [2.24, 2.45) is 5.92 Å². The fourth-order valence-corrected chi connectivity index (χ4v) is 1.09. The van der Waals surface area contributed by atoms with Crippen molar-refractivity contribution in [3.05, 3.63) is 24.2 Å². The first-order valence-electron chi connectivity index (χ1n) is 4.32. The number of Topliss-reactive ketones (excluding diaryl/α,β-unsaturated/α-hetero) is 1. The molecule has 0 aliphatic heterocycles. The molecule has 1 heterocycles. The maximum Gasteiger partial charge on any atom is 0.200 e. The highest BCUT2D eigenvalue weighted by atomic mass is 16.5.